The van der Waals surface area contributed by atoms with Gasteiger partial charge in [-0.25, -0.2) is 9.37 Å². The first-order valence-electron chi connectivity index (χ1n) is 11.7. The zero-order chi connectivity index (χ0) is 22.8. The standard InChI is InChI=1S/C26H29FN4O2/c27-21-5-3-4-20(18-21)7-8-24(32)30-12-9-26(10-13-30)19-22(26)25(33)31-16-14-29(15-17-31)23-6-1-2-11-28-23/h1-8,11,18,22H,9-10,12-17,19H2. The number of likely N-dealkylation sites (tertiary alicyclic amines) is 1. The molecule has 5 rings (SSSR count). The average molecular weight is 449 g/mol. The van der Waals surface area contributed by atoms with E-state index in [2.05, 4.69) is 9.88 Å². The van der Waals surface area contributed by atoms with Crippen LogP contribution in [0.4, 0.5) is 10.2 Å². The summed E-state index contributed by atoms with van der Waals surface area (Å²) in [5.41, 5.74) is 0.742. The molecule has 1 saturated carbocycles. The van der Waals surface area contributed by atoms with Gasteiger partial charge in [0.05, 0.1) is 0 Å². The first-order valence-corrected chi connectivity index (χ1v) is 11.7. The molecule has 1 spiro atoms. The molecule has 2 amide bonds. The SMILES string of the molecule is O=C(C=Cc1cccc(F)c1)N1CCC2(CC1)CC2C(=O)N1CCN(c2ccccn2)CC1. The van der Waals surface area contributed by atoms with Gasteiger partial charge in [-0.3, -0.25) is 9.59 Å². The summed E-state index contributed by atoms with van der Waals surface area (Å²) in [5.74, 6) is 0.979. The van der Waals surface area contributed by atoms with E-state index in [1.165, 1.54) is 18.2 Å². The molecule has 0 N–H and O–H groups in total. The zero-order valence-electron chi connectivity index (χ0n) is 18.7. The van der Waals surface area contributed by atoms with Crippen molar-refractivity contribution in [3.8, 4) is 0 Å². The van der Waals surface area contributed by atoms with Gasteiger partial charge >= 0.3 is 0 Å². The average Bonchev–Trinajstić information content (AvgIpc) is 3.56. The monoisotopic (exact) mass is 448 g/mol. The van der Waals surface area contributed by atoms with Gasteiger partial charge in [-0.2, -0.15) is 0 Å². The normalized spacial score (nSPS) is 22.1. The summed E-state index contributed by atoms with van der Waals surface area (Å²) in [6.45, 7) is 4.42. The number of hydrogen-bond donors (Lipinski definition) is 0. The molecule has 0 bridgehead atoms. The van der Waals surface area contributed by atoms with Crippen LogP contribution in [0.15, 0.2) is 54.7 Å². The van der Waals surface area contributed by atoms with E-state index in [1.54, 1.807) is 24.4 Å². The van der Waals surface area contributed by atoms with E-state index in [0.29, 0.717) is 18.7 Å². The highest BCUT2D eigenvalue weighted by atomic mass is 19.1. The van der Waals surface area contributed by atoms with E-state index < -0.39 is 0 Å². The summed E-state index contributed by atoms with van der Waals surface area (Å²) in [7, 11) is 0. The van der Waals surface area contributed by atoms with Crippen LogP contribution in [0.25, 0.3) is 6.08 Å². The van der Waals surface area contributed by atoms with Crippen molar-refractivity contribution >= 4 is 23.7 Å². The molecule has 1 aliphatic carbocycles. The molecule has 3 heterocycles. The molecule has 1 aromatic heterocycles. The molecule has 6 nitrogen and oxygen atoms in total. The molecule has 2 aliphatic heterocycles. The summed E-state index contributed by atoms with van der Waals surface area (Å²) in [4.78, 5) is 36.2. The van der Waals surface area contributed by atoms with Crippen LogP contribution in [0.5, 0.6) is 0 Å². The molecular formula is C26H29FN4O2. The van der Waals surface area contributed by atoms with Gasteiger partial charge in [0, 0.05) is 57.5 Å². The number of anilines is 1. The predicted molar refractivity (Wildman–Crippen MR) is 125 cm³/mol. The molecule has 1 unspecified atom stereocenters. The van der Waals surface area contributed by atoms with E-state index in [-0.39, 0.29) is 29.0 Å². The summed E-state index contributed by atoms with van der Waals surface area (Å²) in [6, 6.07) is 12.1. The maximum absolute atomic E-state index is 13.3. The Bertz CT molecular complexity index is 1040. The Hall–Kier alpha value is -3.22. The first-order chi connectivity index (χ1) is 16.0. The molecule has 1 aromatic carbocycles. The van der Waals surface area contributed by atoms with Crippen molar-refractivity contribution in [1.29, 1.82) is 0 Å². The summed E-state index contributed by atoms with van der Waals surface area (Å²) >= 11 is 0. The fraction of sp³-hybridized carbons (Fsp3) is 0.423. The van der Waals surface area contributed by atoms with E-state index in [1.807, 2.05) is 28.0 Å². The Balaban J connectivity index is 1.10. The molecule has 3 aliphatic rings. The van der Waals surface area contributed by atoms with Crippen molar-refractivity contribution in [2.75, 3.05) is 44.2 Å². The number of amides is 2. The third-order valence-electron chi connectivity index (χ3n) is 7.39. The molecular weight excluding hydrogens is 419 g/mol. The second-order valence-corrected chi connectivity index (χ2v) is 9.33. The fourth-order valence-corrected chi connectivity index (χ4v) is 5.22. The Morgan fingerprint density at radius 1 is 0.970 bits per heavy atom. The van der Waals surface area contributed by atoms with Gasteiger partial charge in [-0.05, 0) is 60.6 Å². The lowest BCUT2D eigenvalue weighted by atomic mass is 9.90. The highest BCUT2D eigenvalue weighted by Gasteiger charge is 2.59. The van der Waals surface area contributed by atoms with Crippen LogP contribution in [0, 0.1) is 17.2 Å². The van der Waals surface area contributed by atoms with Crippen LogP contribution in [0.2, 0.25) is 0 Å². The highest BCUT2D eigenvalue weighted by Crippen LogP contribution is 2.60. The Morgan fingerprint density at radius 2 is 1.76 bits per heavy atom. The molecule has 2 aromatic rings. The van der Waals surface area contributed by atoms with Crippen LogP contribution < -0.4 is 4.90 Å². The number of piperazine rings is 1. The minimum atomic E-state index is -0.313. The van der Waals surface area contributed by atoms with Gasteiger partial charge in [-0.1, -0.05) is 18.2 Å². The fourth-order valence-electron chi connectivity index (χ4n) is 5.22. The second-order valence-electron chi connectivity index (χ2n) is 9.33. The number of benzene rings is 1. The number of carbonyl (C=O) groups excluding carboxylic acids is 2. The van der Waals surface area contributed by atoms with Gasteiger partial charge in [0.2, 0.25) is 11.8 Å². The van der Waals surface area contributed by atoms with Crippen molar-refractivity contribution in [1.82, 2.24) is 14.8 Å². The number of carbonyl (C=O) groups is 2. The van der Waals surface area contributed by atoms with Crippen LogP contribution in [-0.2, 0) is 9.59 Å². The number of piperidine rings is 1. The molecule has 7 heteroatoms. The molecule has 3 fully saturated rings. The topological polar surface area (TPSA) is 56.8 Å². The summed E-state index contributed by atoms with van der Waals surface area (Å²) in [6.07, 6.45) is 7.66. The van der Waals surface area contributed by atoms with Crippen molar-refractivity contribution in [2.45, 2.75) is 19.3 Å². The second kappa shape index (κ2) is 8.96. The third kappa shape index (κ3) is 4.63. The highest BCUT2D eigenvalue weighted by molar-refractivity contribution is 5.92. The van der Waals surface area contributed by atoms with Crippen molar-refractivity contribution < 1.29 is 14.0 Å². The quantitative estimate of drug-likeness (QED) is 0.674. The maximum atomic E-state index is 13.3. The number of pyridine rings is 1. The Kier molecular flexibility index (Phi) is 5.87. The van der Waals surface area contributed by atoms with E-state index in [4.69, 9.17) is 0 Å². The third-order valence-corrected chi connectivity index (χ3v) is 7.39. The molecule has 33 heavy (non-hydrogen) atoms. The summed E-state index contributed by atoms with van der Waals surface area (Å²) in [5, 5.41) is 0. The molecule has 1 atom stereocenters. The summed E-state index contributed by atoms with van der Waals surface area (Å²) < 4.78 is 13.3. The van der Waals surface area contributed by atoms with Crippen LogP contribution in [0.3, 0.4) is 0 Å². The van der Waals surface area contributed by atoms with E-state index >= 15 is 0 Å². The number of nitrogens with zero attached hydrogens (tertiary/aromatic N) is 4. The van der Waals surface area contributed by atoms with Crippen LogP contribution >= 0.6 is 0 Å². The van der Waals surface area contributed by atoms with Gasteiger partial charge in [0.1, 0.15) is 11.6 Å². The largest absolute Gasteiger partial charge is 0.353 e. The Labute approximate surface area is 193 Å². The van der Waals surface area contributed by atoms with Gasteiger partial charge in [-0.15, -0.1) is 0 Å². The van der Waals surface area contributed by atoms with Crippen molar-refractivity contribution in [3.05, 3.63) is 66.1 Å². The minimum Gasteiger partial charge on any atom is -0.353 e. The molecule has 172 valence electrons. The lowest BCUT2D eigenvalue weighted by Crippen LogP contribution is -2.50. The Morgan fingerprint density at radius 3 is 2.45 bits per heavy atom. The smallest absolute Gasteiger partial charge is 0.246 e. The zero-order valence-corrected chi connectivity index (χ0v) is 18.7. The first kappa shape index (κ1) is 21.6. The lowest BCUT2D eigenvalue weighted by molar-refractivity contribution is -0.134. The van der Waals surface area contributed by atoms with E-state index in [9.17, 15) is 14.0 Å². The van der Waals surface area contributed by atoms with Crippen LogP contribution in [-0.4, -0.2) is 65.9 Å². The minimum absolute atomic E-state index is 0.0525. The predicted octanol–water partition coefficient (Wildman–Crippen LogP) is 3.21. The number of halogens is 1. The number of rotatable bonds is 4. The van der Waals surface area contributed by atoms with Crippen molar-refractivity contribution in [3.63, 3.8) is 0 Å². The van der Waals surface area contributed by atoms with Gasteiger partial charge < -0.3 is 14.7 Å². The van der Waals surface area contributed by atoms with Gasteiger partial charge in [0.15, 0.2) is 0 Å². The number of hydrogen-bond acceptors (Lipinski definition) is 4. The van der Waals surface area contributed by atoms with E-state index in [0.717, 1.165) is 51.3 Å². The molecule has 0 radical (unpaired) electrons. The molecule has 2 saturated heterocycles. The number of aromatic nitrogens is 1. The lowest BCUT2D eigenvalue weighted by Gasteiger charge is -2.37. The maximum Gasteiger partial charge on any atom is 0.246 e. The van der Waals surface area contributed by atoms with Crippen LogP contribution in [0.1, 0.15) is 24.8 Å². The van der Waals surface area contributed by atoms with Gasteiger partial charge in [0.25, 0.3) is 0 Å². The van der Waals surface area contributed by atoms with Crippen molar-refractivity contribution in [2.24, 2.45) is 11.3 Å².